The van der Waals surface area contributed by atoms with Crippen LogP contribution >= 0.6 is 0 Å². The Labute approximate surface area is 96.2 Å². The summed E-state index contributed by atoms with van der Waals surface area (Å²) in [7, 11) is 0. The van der Waals surface area contributed by atoms with Crippen molar-refractivity contribution in [2.24, 2.45) is 11.7 Å². The van der Waals surface area contributed by atoms with Crippen molar-refractivity contribution in [3.63, 3.8) is 0 Å². The molecule has 0 rings (SSSR count). The molecule has 2 nitrogen and oxygen atoms in total. The topological polar surface area (TPSA) is 29.3 Å². The number of nitrogens with two attached hydrogens (primary N) is 1. The lowest BCUT2D eigenvalue weighted by Gasteiger charge is -2.38. The highest BCUT2D eigenvalue weighted by atomic mass is 15.2. The Morgan fingerprint density at radius 1 is 1.13 bits per heavy atom. The van der Waals surface area contributed by atoms with Crippen LogP contribution in [0.3, 0.4) is 0 Å². The van der Waals surface area contributed by atoms with Crippen molar-refractivity contribution in [1.29, 1.82) is 0 Å². The van der Waals surface area contributed by atoms with Crippen molar-refractivity contribution in [2.75, 3.05) is 13.1 Å². The van der Waals surface area contributed by atoms with Gasteiger partial charge in [0.1, 0.15) is 0 Å². The van der Waals surface area contributed by atoms with E-state index in [4.69, 9.17) is 5.73 Å². The van der Waals surface area contributed by atoms with E-state index < -0.39 is 0 Å². The van der Waals surface area contributed by atoms with Gasteiger partial charge in [0.25, 0.3) is 0 Å². The van der Waals surface area contributed by atoms with Crippen LogP contribution in [0.25, 0.3) is 0 Å². The average molecular weight is 214 g/mol. The van der Waals surface area contributed by atoms with Crippen LogP contribution in [-0.2, 0) is 0 Å². The molecule has 0 amide bonds. The molecule has 0 aromatic heterocycles. The number of nitrogens with zero attached hydrogens (tertiary/aromatic N) is 1. The zero-order chi connectivity index (χ0) is 11.8. The number of unbranched alkanes of at least 4 members (excludes halogenated alkanes) is 1. The highest BCUT2D eigenvalue weighted by Gasteiger charge is 2.23. The van der Waals surface area contributed by atoms with Gasteiger partial charge in [0.05, 0.1) is 0 Å². The molecule has 0 bridgehead atoms. The van der Waals surface area contributed by atoms with E-state index in [0.717, 1.165) is 6.54 Å². The first-order valence-corrected chi connectivity index (χ1v) is 6.54. The van der Waals surface area contributed by atoms with Crippen molar-refractivity contribution in [1.82, 2.24) is 4.90 Å². The van der Waals surface area contributed by atoms with E-state index >= 15 is 0 Å². The minimum absolute atomic E-state index is 0.548. The summed E-state index contributed by atoms with van der Waals surface area (Å²) in [5.74, 6) is 0.654. The molecule has 0 heterocycles. The molecule has 0 fully saturated rings. The lowest BCUT2D eigenvalue weighted by atomic mass is 9.99. The lowest BCUT2D eigenvalue weighted by molar-refractivity contribution is 0.109. The molecule has 0 aliphatic heterocycles. The zero-order valence-corrected chi connectivity index (χ0v) is 11.3. The number of rotatable bonds is 8. The lowest BCUT2D eigenvalue weighted by Crippen LogP contribution is -2.48. The van der Waals surface area contributed by atoms with Gasteiger partial charge in [-0.25, -0.2) is 0 Å². The second-order valence-corrected chi connectivity index (χ2v) is 4.90. The minimum Gasteiger partial charge on any atom is -0.329 e. The molecule has 15 heavy (non-hydrogen) atoms. The smallest absolute Gasteiger partial charge is 0.0244 e. The van der Waals surface area contributed by atoms with Crippen LogP contribution in [0.1, 0.15) is 53.9 Å². The fourth-order valence-electron chi connectivity index (χ4n) is 2.08. The van der Waals surface area contributed by atoms with E-state index in [-0.39, 0.29) is 0 Å². The first-order chi connectivity index (χ1) is 7.08. The van der Waals surface area contributed by atoms with Gasteiger partial charge in [-0.15, -0.1) is 0 Å². The molecular weight excluding hydrogens is 184 g/mol. The van der Waals surface area contributed by atoms with E-state index in [1.807, 2.05) is 0 Å². The largest absolute Gasteiger partial charge is 0.329 e. The summed E-state index contributed by atoms with van der Waals surface area (Å²) in [5, 5.41) is 0. The Bertz CT molecular complexity index is 145. The normalized spacial score (nSPS) is 16.0. The van der Waals surface area contributed by atoms with Gasteiger partial charge in [0.15, 0.2) is 0 Å². The molecule has 0 saturated carbocycles. The second-order valence-electron chi connectivity index (χ2n) is 4.90. The van der Waals surface area contributed by atoms with Gasteiger partial charge >= 0.3 is 0 Å². The quantitative estimate of drug-likeness (QED) is 0.673. The predicted octanol–water partition coefficient (Wildman–Crippen LogP) is 2.87. The van der Waals surface area contributed by atoms with Crippen molar-refractivity contribution >= 4 is 0 Å². The molecule has 2 atom stereocenters. The maximum Gasteiger partial charge on any atom is 0.0244 e. The van der Waals surface area contributed by atoms with Crippen LogP contribution in [0.4, 0.5) is 0 Å². The Hall–Kier alpha value is -0.0800. The molecule has 0 aromatic carbocycles. The molecule has 0 spiro atoms. The van der Waals surface area contributed by atoms with Crippen molar-refractivity contribution in [3.8, 4) is 0 Å². The third-order valence-electron chi connectivity index (χ3n) is 3.36. The van der Waals surface area contributed by atoms with Gasteiger partial charge in [0.2, 0.25) is 0 Å². The molecule has 0 aliphatic rings. The first-order valence-electron chi connectivity index (χ1n) is 6.54. The van der Waals surface area contributed by atoms with Gasteiger partial charge in [-0.05, 0) is 32.2 Å². The Morgan fingerprint density at radius 2 is 1.73 bits per heavy atom. The molecule has 92 valence electrons. The summed E-state index contributed by atoms with van der Waals surface area (Å²) in [6.07, 6.45) is 3.77. The minimum atomic E-state index is 0.548. The summed E-state index contributed by atoms with van der Waals surface area (Å²) >= 11 is 0. The summed E-state index contributed by atoms with van der Waals surface area (Å²) in [4.78, 5) is 2.61. The molecule has 2 heteroatoms. The molecule has 0 aromatic rings. The summed E-state index contributed by atoms with van der Waals surface area (Å²) in [6, 6.07) is 1.21. The molecule has 0 saturated heterocycles. The highest BCUT2D eigenvalue weighted by Crippen LogP contribution is 2.16. The standard InChI is InChI=1S/C13H30N2/c1-6-8-9-15(12(5)7-2)13(10-14)11(3)4/h11-13H,6-10,14H2,1-5H3. The fraction of sp³-hybridized carbons (Fsp3) is 1.00. The Balaban J connectivity index is 4.42. The van der Waals surface area contributed by atoms with E-state index in [9.17, 15) is 0 Å². The first kappa shape index (κ1) is 14.9. The average Bonchev–Trinajstić information content (AvgIpc) is 2.22. The number of hydrogen-bond donors (Lipinski definition) is 1. The van der Waals surface area contributed by atoms with Crippen LogP contribution in [0.5, 0.6) is 0 Å². The van der Waals surface area contributed by atoms with E-state index in [0.29, 0.717) is 18.0 Å². The Morgan fingerprint density at radius 3 is 2.07 bits per heavy atom. The summed E-state index contributed by atoms with van der Waals surface area (Å²) in [5.41, 5.74) is 5.90. The van der Waals surface area contributed by atoms with Crippen molar-refractivity contribution < 1.29 is 0 Å². The van der Waals surface area contributed by atoms with Crippen LogP contribution in [0, 0.1) is 5.92 Å². The SMILES string of the molecule is CCCCN(C(C)CC)C(CN)C(C)C. The monoisotopic (exact) mass is 214 g/mol. The number of hydrogen-bond acceptors (Lipinski definition) is 2. The molecule has 0 aliphatic carbocycles. The maximum absolute atomic E-state index is 5.90. The third-order valence-corrected chi connectivity index (χ3v) is 3.36. The third kappa shape index (κ3) is 4.98. The zero-order valence-electron chi connectivity index (χ0n) is 11.3. The van der Waals surface area contributed by atoms with E-state index in [1.54, 1.807) is 0 Å². The van der Waals surface area contributed by atoms with Gasteiger partial charge in [-0.3, -0.25) is 4.90 Å². The van der Waals surface area contributed by atoms with Crippen molar-refractivity contribution in [2.45, 2.75) is 66.0 Å². The molecule has 2 N–H and O–H groups in total. The van der Waals surface area contributed by atoms with Gasteiger partial charge in [-0.1, -0.05) is 34.1 Å². The van der Waals surface area contributed by atoms with Crippen LogP contribution in [-0.4, -0.2) is 30.1 Å². The van der Waals surface area contributed by atoms with Crippen LogP contribution < -0.4 is 5.73 Å². The molecule has 2 unspecified atom stereocenters. The highest BCUT2D eigenvalue weighted by molar-refractivity contribution is 4.79. The predicted molar refractivity (Wildman–Crippen MR) is 69.0 cm³/mol. The molecular formula is C13H30N2. The maximum atomic E-state index is 5.90. The Kier molecular flexibility index (Phi) is 8.07. The molecule has 0 radical (unpaired) electrons. The van der Waals surface area contributed by atoms with E-state index in [2.05, 4.69) is 39.5 Å². The van der Waals surface area contributed by atoms with Crippen LogP contribution in [0.15, 0.2) is 0 Å². The second kappa shape index (κ2) is 8.12. The van der Waals surface area contributed by atoms with Crippen molar-refractivity contribution in [3.05, 3.63) is 0 Å². The summed E-state index contributed by atoms with van der Waals surface area (Å²) in [6.45, 7) is 13.4. The fourth-order valence-corrected chi connectivity index (χ4v) is 2.08. The van der Waals surface area contributed by atoms with Crippen LogP contribution in [0.2, 0.25) is 0 Å². The summed E-state index contributed by atoms with van der Waals surface area (Å²) < 4.78 is 0. The van der Waals surface area contributed by atoms with Gasteiger partial charge < -0.3 is 5.73 Å². The van der Waals surface area contributed by atoms with Gasteiger partial charge in [-0.2, -0.15) is 0 Å². The van der Waals surface area contributed by atoms with Gasteiger partial charge in [0, 0.05) is 18.6 Å². The van der Waals surface area contributed by atoms with E-state index in [1.165, 1.54) is 25.8 Å².